The summed E-state index contributed by atoms with van der Waals surface area (Å²) in [6, 6.07) is 7.76. The van der Waals surface area contributed by atoms with Gasteiger partial charge >= 0.3 is 0 Å². The molecular formula is C17H23ClN4O2. The number of aromatic amines is 1. The van der Waals surface area contributed by atoms with E-state index < -0.39 is 0 Å². The maximum absolute atomic E-state index is 12.4. The first-order chi connectivity index (χ1) is 11.1. The van der Waals surface area contributed by atoms with Gasteiger partial charge < -0.3 is 15.4 Å². The Morgan fingerprint density at radius 1 is 1.46 bits per heavy atom. The van der Waals surface area contributed by atoms with Crippen LogP contribution >= 0.6 is 12.4 Å². The highest BCUT2D eigenvalue weighted by molar-refractivity contribution is 5.94. The highest BCUT2D eigenvalue weighted by Gasteiger charge is 2.22. The highest BCUT2D eigenvalue weighted by Crippen LogP contribution is 2.15. The second-order valence-corrected chi connectivity index (χ2v) is 5.96. The van der Waals surface area contributed by atoms with E-state index in [0.717, 1.165) is 35.5 Å². The van der Waals surface area contributed by atoms with E-state index in [0.29, 0.717) is 18.8 Å². The lowest BCUT2D eigenvalue weighted by Crippen LogP contribution is -2.38. The Bertz CT molecular complexity index is 702. The van der Waals surface area contributed by atoms with E-state index in [-0.39, 0.29) is 24.4 Å². The number of amides is 1. The Labute approximate surface area is 147 Å². The Balaban J connectivity index is 0.00000208. The molecule has 1 atom stereocenters. The number of carbonyl (C=O) groups is 1. The smallest absolute Gasteiger partial charge is 0.272 e. The van der Waals surface area contributed by atoms with Crippen LogP contribution in [0.2, 0.25) is 0 Å². The Morgan fingerprint density at radius 3 is 3.08 bits per heavy atom. The predicted molar refractivity (Wildman–Crippen MR) is 94.8 cm³/mol. The molecule has 0 aliphatic carbocycles. The maximum Gasteiger partial charge on any atom is 0.272 e. The normalized spacial score (nSPS) is 14.2. The van der Waals surface area contributed by atoms with Crippen LogP contribution in [0.15, 0.2) is 24.3 Å². The number of aromatic nitrogens is 2. The van der Waals surface area contributed by atoms with Gasteiger partial charge in [-0.2, -0.15) is 5.10 Å². The van der Waals surface area contributed by atoms with Crippen molar-refractivity contribution in [3.8, 4) is 5.75 Å². The van der Waals surface area contributed by atoms with Gasteiger partial charge in [-0.05, 0) is 31.5 Å². The zero-order valence-corrected chi connectivity index (χ0v) is 14.7. The molecule has 7 heteroatoms. The van der Waals surface area contributed by atoms with Gasteiger partial charge in [0.1, 0.15) is 12.4 Å². The number of carbonyl (C=O) groups excluding carboxylic acids is 1. The summed E-state index contributed by atoms with van der Waals surface area (Å²) in [5.41, 5.74) is 3.66. The molecule has 1 aromatic heterocycles. The van der Waals surface area contributed by atoms with Crippen LogP contribution < -0.4 is 15.4 Å². The number of ether oxygens (including phenoxy) is 1. The van der Waals surface area contributed by atoms with E-state index >= 15 is 0 Å². The quantitative estimate of drug-likeness (QED) is 0.770. The van der Waals surface area contributed by atoms with Crippen LogP contribution in [0, 0.1) is 6.92 Å². The lowest BCUT2D eigenvalue weighted by atomic mass is 10.1. The summed E-state index contributed by atoms with van der Waals surface area (Å²) < 4.78 is 5.72. The second-order valence-electron chi connectivity index (χ2n) is 5.96. The standard InChI is InChI=1S/C17H22N4O2.ClH/c1-11-4-3-5-13(8-11)23-10-12(2)19-17(22)16-14-9-18-7-6-15(14)20-21-16;/h3-5,8,12,18H,6-7,9-10H2,1-2H3,(H,19,22)(H,20,21);1H. The number of rotatable bonds is 5. The summed E-state index contributed by atoms with van der Waals surface area (Å²) in [4.78, 5) is 12.4. The third kappa shape index (κ3) is 4.27. The molecule has 1 unspecified atom stereocenters. The van der Waals surface area contributed by atoms with E-state index in [1.54, 1.807) is 0 Å². The average Bonchev–Trinajstić information content (AvgIpc) is 2.97. The number of aryl methyl sites for hydroxylation is 1. The van der Waals surface area contributed by atoms with Gasteiger partial charge in [0.05, 0.1) is 6.04 Å². The van der Waals surface area contributed by atoms with Crippen molar-refractivity contribution in [2.24, 2.45) is 0 Å². The summed E-state index contributed by atoms with van der Waals surface area (Å²) >= 11 is 0. The molecule has 0 radical (unpaired) electrons. The third-order valence-corrected chi connectivity index (χ3v) is 3.89. The first kappa shape index (κ1) is 18.3. The number of hydrogen-bond donors (Lipinski definition) is 3. The Hall–Kier alpha value is -2.05. The molecule has 3 N–H and O–H groups in total. The average molecular weight is 351 g/mol. The number of H-pyrrole nitrogens is 1. The number of nitrogens with one attached hydrogen (secondary N) is 3. The molecule has 1 aliphatic heterocycles. The summed E-state index contributed by atoms with van der Waals surface area (Å²) in [5.74, 6) is 0.652. The lowest BCUT2D eigenvalue weighted by molar-refractivity contribution is 0.0920. The van der Waals surface area contributed by atoms with Crippen molar-refractivity contribution in [2.45, 2.75) is 32.9 Å². The molecule has 1 aliphatic rings. The van der Waals surface area contributed by atoms with Crippen molar-refractivity contribution < 1.29 is 9.53 Å². The van der Waals surface area contributed by atoms with Crippen molar-refractivity contribution >= 4 is 18.3 Å². The number of nitrogens with zero attached hydrogens (tertiary/aromatic N) is 1. The molecule has 0 bridgehead atoms. The van der Waals surface area contributed by atoms with Crippen molar-refractivity contribution in [3.05, 3.63) is 46.8 Å². The summed E-state index contributed by atoms with van der Waals surface area (Å²) in [6.07, 6.45) is 0.877. The topological polar surface area (TPSA) is 79.0 Å². The molecule has 130 valence electrons. The zero-order chi connectivity index (χ0) is 16.2. The SMILES string of the molecule is Cc1cccc(OCC(C)NC(=O)c2n[nH]c3c2CNCC3)c1.Cl. The van der Waals surface area contributed by atoms with E-state index in [4.69, 9.17) is 4.74 Å². The Kier molecular flexibility index (Phi) is 6.23. The second kappa shape index (κ2) is 8.17. The fourth-order valence-electron chi connectivity index (χ4n) is 2.67. The van der Waals surface area contributed by atoms with Crippen LogP contribution in [0.1, 0.15) is 34.2 Å². The van der Waals surface area contributed by atoms with Crippen molar-refractivity contribution in [3.63, 3.8) is 0 Å². The monoisotopic (exact) mass is 350 g/mol. The highest BCUT2D eigenvalue weighted by atomic mass is 35.5. The van der Waals surface area contributed by atoms with Gasteiger partial charge in [0, 0.05) is 30.8 Å². The van der Waals surface area contributed by atoms with Crippen molar-refractivity contribution in [1.82, 2.24) is 20.8 Å². The van der Waals surface area contributed by atoms with Gasteiger partial charge in [0.15, 0.2) is 5.69 Å². The van der Waals surface area contributed by atoms with E-state index in [9.17, 15) is 4.79 Å². The van der Waals surface area contributed by atoms with E-state index in [2.05, 4.69) is 20.8 Å². The van der Waals surface area contributed by atoms with Crippen LogP contribution in [0.3, 0.4) is 0 Å². The minimum absolute atomic E-state index is 0. The number of fused-ring (bicyclic) bond motifs is 1. The molecule has 1 amide bonds. The molecule has 6 nitrogen and oxygen atoms in total. The molecule has 3 rings (SSSR count). The van der Waals surface area contributed by atoms with Crippen LogP contribution in [0.25, 0.3) is 0 Å². The minimum atomic E-state index is -0.161. The van der Waals surface area contributed by atoms with Crippen LogP contribution in [0.4, 0.5) is 0 Å². The summed E-state index contributed by atoms with van der Waals surface area (Å²) in [5, 5.41) is 13.3. The van der Waals surface area contributed by atoms with E-state index in [1.807, 2.05) is 38.1 Å². The first-order valence-corrected chi connectivity index (χ1v) is 7.90. The zero-order valence-electron chi connectivity index (χ0n) is 13.9. The fraction of sp³-hybridized carbons (Fsp3) is 0.412. The van der Waals surface area contributed by atoms with Gasteiger partial charge in [-0.1, -0.05) is 12.1 Å². The van der Waals surface area contributed by atoms with Gasteiger partial charge in [0.2, 0.25) is 0 Å². The predicted octanol–water partition coefficient (Wildman–Crippen LogP) is 1.98. The molecule has 1 aromatic carbocycles. The lowest BCUT2D eigenvalue weighted by Gasteiger charge is -2.16. The Morgan fingerprint density at radius 2 is 2.29 bits per heavy atom. The minimum Gasteiger partial charge on any atom is -0.491 e. The molecule has 2 heterocycles. The van der Waals surface area contributed by atoms with Gasteiger partial charge in [-0.15, -0.1) is 12.4 Å². The third-order valence-electron chi connectivity index (χ3n) is 3.89. The first-order valence-electron chi connectivity index (χ1n) is 7.90. The van der Waals surface area contributed by atoms with E-state index in [1.165, 1.54) is 0 Å². The number of halogens is 1. The van der Waals surface area contributed by atoms with Gasteiger partial charge in [-0.3, -0.25) is 9.89 Å². The molecule has 0 saturated heterocycles. The fourth-order valence-corrected chi connectivity index (χ4v) is 2.67. The number of hydrogen-bond acceptors (Lipinski definition) is 4. The largest absolute Gasteiger partial charge is 0.491 e. The van der Waals surface area contributed by atoms with Crippen LogP contribution in [0.5, 0.6) is 5.75 Å². The summed E-state index contributed by atoms with van der Waals surface area (Å²) in [7, 11) is 0. The van der Waals surface area contributed by atoms with Crippen molar-refractivity contribution in [2.75, 3.05) is 13.2 Å². The molecule has 0 saturated carbocycles. The van der Waals surface area contributed by atoms with Gasteiger partial charge in [-0.25, -0.2) is 0 Å². The summed E-state index contributed by atoms with van der Waals surface area (Å²) in [6.45, 7) is 5.96. The van der Waals surface area contributed by atoms with Crippen LogP contribution in [-0.4, -0.2) is 35.3 Å². The van der Waals surface area contributed by atoms with Crippen molar-refractivity contribution in [1.29, 1.82) is 0 Å². The molecular weight excluding hydrogens is 328 g/mol. The molecule has 0 fully saturated rings. The number of benzene rings is 1. The maximum atomic E-state index is 12.4. The van der Waals surface area contributed by atoms with Crippen LogP contribution in [-0.2, 0) is 13.0 Å². The van der Waals surface area contributed by atoms with Gasteiger partial charge in [0.25, 0.3) is 5.91 Å². The molecule has 24 heavy (non-hydrogen) atoms. The molecule has 0 spiro atoms. The molecule has 2 aromatic rings.